The zero-order valence-corrected chi connectivity index (χ0v) is 21.5. The van der Waals surface area contributed by atoms with Crippen LogP contribution in [-0.2, 0) is 30.4 Å². The summed E-state index contributed by atoms with van der Waals surface area (Å²) in [6.45, 7) is 0.540. The van der Waals surface area contributed by atoms with Crippen LogP contribution in [0, 0.1) is 0 Å². The molecule has 39 heavy (non-hydrogen) atoms. The average molecular weight is 555 g/mol. The largest absolute Gasteiger partial charge is 0.481 e. The number of unbranched alkanes of at least 4 members (excludes halogenated alkanes) is 1. The summed E-state index contributed by atoms with van der Waals surface area (Å²) in [5.74, 6) is -5.35. The number of hydrogen-bond donors (Lipinski definition) is 10. The number of aromatic nitrogens is 2. The molecule has 0 bridgehead atoms. The van der Waals surface area contributed by atoms with E-state index in [1.807, 2.05) is 0 Å². The van der Waals surface area contributed by atoms with Crippen molar-refractivity contribution in [1.29, 1.82) is 0 Å². The predicted octanol–water partition coefficient (Wildman–Crippen LogP) is -3.52. The number of aliphatic carboxylic acids is 2. The molecule has 0 aliphatic rings. The molecule has 1 aromatic rings. The summed E-state index contributed by atoms with van der Waals surface area (Å²) < 4.78 is 0. The standard InChI is InChI=1S/C22H38N10O7/c23-6-2-1-5-14(19(36)32-16(21(38)39)8-12-10-27-11-29-12)30-20(37)15(9-17(33)34)31-18(35)13(24)4-3-7-28-22(25)26/h10-11,13-16H,1-9,23-24H2,(H,27,29)(H,30,37)(H,31,35)(H,32,36)(H,33,34)(H,38,39)(H4,25,26,28). The molecule has 0 fully saturated rings. The monoisotopic (exact) mass is 554 g/mol. The highest BCUT2D eigenvalue weighted by Gasteiger charge is 2.31. The van der Waals surface area contributed by atoms with Gasteiger partial charge in [0, 0.05) is 24.9 Å². The maximum absolute atomic E-state index is 13.0. The smallest absolute Gasteiger partial charge is 0.326 e. The third-order valence-corrected chi connectivity index (χ3v) is 5.49. The Hall–Kier alpha value is -4.25. The van der Waals surface area contributed by atoms with Crippen LogP contribution in [0.2, 0.25) is 0 Å². The van der Waals surface area contributed by atoms with Crippen molar-refractivity contribution in [3.05, 3.63) is 18.2 Å². The van der Waals surface area contributed by atoms with Gasteiger partial charge in [-0.3, -0.25) is 24.2 Å². The lowest BCUT2D eigenvalue weighted by Crippen LogP contribution is -2.57. The molecule has 1 heterocycles. The van der Waals surface area contributed by atoms with E-state index in [1.165, 1.54) is 12.5 Å². The van der Waals surface area contributed by atoms with Gasteiger partial charge in [0.25, 0.3) is 0 Å². The van der Waals surface area contributed by atoms with Crippen molar-refractivity contribution in [2.45, 2.75) is 69.1 Å². The predicted molar refractivity (Wildman–Crippen MR) is 139 cm³/mol. The number of imidazole rings is 1. The van der Waals surface area contributed by atoms with Gasteiger partial charge in [0.15, 0.2) is 5.96 Å². The molecule has 0 aliphatic carbocycles. The minimum Gasteiger partial charge on any atom is -0.481 e. The fourth-order valence-corrected chi connectivity index (χ4v) is 3.44. The van der Waals surface area contributed by atoms with Crippen LogP contribution in [0.5, 0.6) is 0 Å². The van der Waals surface area contributed by atoms with Gasteiger partial charge >= 0.3 is 11.9 Å². The van der Waals surface area contributed by atoms with E-state index in [-0.39, 0.29) is 31.8 Å². The molecule has 1 rings (SSSR count). The van der Waals surface area contributed by atoms with Crippen molar-refractivity contribution < 1.29 is 34.2 Å². The first-order valence-electron chi connectivity index (χ1n) is 12.3. The van der Waals surface area contributed by atoms with E-state index >= 15 is 0 Å². The van der Waals surface area contributed by atoms with E-state index in [0.717, 1.165) is 0 Å². The van der Waals surface area contributed by atoms with E-state index in [2.05, 4.69) is 30.9 Å². The summed E-state index contributed by atoms with van der Waals surface area (Å²) >= 11 is 0. The highest BCUT2D eigenvalue weighted by molar-refractivity contribution is 5.95. The van der Waals surface area contributed by atoms with E-state index in [9.17, 15) is 34.2 Å². The molecule has 4 atom stereocenters. The topological polar surface area (TPSA) is 307 Å². The molecule has 0 saturated heterocycles. The molecule has 17 nitrogen and oxygen atoms in total. The van der Waals surface area contributed by atoms with Gasteiger partial charge < -0.3 is 54.1 Å². The minimum atomic E-state index is -1.55. The summed E-state index contributed by atoms with van der Waals surface area (Å²) in [4.78, 5) is 71.9. The summed E-state index contributed by atoms with van der Waals surface area (Å²) in [5, 5.41) is 25.9. The summed E-state index contributed by atoms with van der Waals surface area (Å²) in [6.07, 6.45) is 3.41. The zero-order chi connectivity index (χ0) is 29.4. The van der Waals surface area contributed by atoms with Gasteiger partial charge in [0.05, 0.1) is 18.8 Å². The Bertz CT molecular complexity index is 982. The first-order chi connectivity index (χ1) is 18.4. The molecule has 4 unspecified atom stereocenters. The Labute approximate surface area is 224 Å². The summed E-state index contributed by atoms with van der Waals surface area (Å²) in [5.41, 5.74) is 22.3. The molecule has 0 aromatic carbocycles. The van der Waals surface area contributed by atoms with Crippen LogP contribution in [0.25, 0.3) is 0 Å². The highest BCUT2D eigenvalue weighted by atomic mass is 16.4. The van der Waals surface area contributed by atoms with E-state index < -0.39 is 60.2 Å². The van der Waals surface area contributed by atoms with Gasteiger partial charge in [0.1, 0.15) is 18.1 Å². The second-order valence-corrected chi connectivity index (χ2v) is 8.74. The maximum Gasteiger partial charge on any atom is 0.326 e. The Kier molecular flexibility index (Phi) is 14.5. The number of nitrogens with two attached hydrogens (primary N) is 4. The molecule has 3 amide bonds. The molecular formula is C22H38N10O7. The number of aliphatic imine (C=N–C) groups is 1. The highest BCUT2D eigenvalue weighted by Crippen LogP contribution is 2.06. The molecule has 0 saturated carbocycles. The minimum absolute atomic E-state index is 0.0865. The molecule has 0 aliphatic heterocycles. The number of rotatable bonds is 19. The number of nitrogens with zero attached hydrogens (tertiary/aromatic N) is 2. The van der Waals surface area contributed by atoms with E-state index in [0.29, 0.717) is 31.5 Å². The fraction of sp³-hybridized carbons (Fsp3) is 0.591. The van der Waals surface area contributed by atoms with Crippen molar-refractivity contribution in [1.82, 2.24) is 25.9 Å². The van der Waals surface area contributed by atoms with Crippen molar-refractivity contribution in [2.75, 3.05) is 13.1 Å². The second kappa shape index (κ2) is 17.3. The molecule has 218 valence electrons. The number of nitrogens with one attached hydrogen (secondary N) is 4. The summed E-state index contributed by atoms with van der Waals surface area (Å²) in [6, 6.07) is -5.19. The number of amides is 3. The van der Waals surface area contributed by atoms with E-state index in [4.69, 9.17) is 22.9 Å². The molecule has 14 N–H and O–H groups in total. The number of aromatic amines is 1. The number of carbonyl (C=O) groups is 5. The van der Waals surface area contributed by atoms with Gasteiger partial charge in [-0.1, -0.05) is 0 Å². The molecule has 1 aromatic heterocycles. The lowest BCUT2D eigenvalue weighted by Gasteiger charge is -2.24. The van der Waals surface area contributed by atoms with Gasteiger partial charge in [-0.25, -0.2) is 9.78 Å². The maximum atomic E-state index is 13.0. The van der Waals surface area contributed by atoms with Gasteiger partial charge in [0.2, 0.25) is 17.7 Å². The van der Waals surface area contributed by atoms with Crippen molar-refractivity contribution >= 4 is 35.6 Å². The third kappa shape index (κ3) is 13.2. The number of carboxylic acids is 2. The average Bonchev–Trinajstić information content (AvgIpc) is 3.37. The van der Waals surface area contributed by atoms with Crippen molar-refractivity contribution in [3.63, 3.8) is 0 Å². The van der Waals surface area contributed by atoms with Crippen LogP contribution in [-0.4, -0.2) is 93.1 Å². The number of carbonyl (C=O) groups excluding carboxylic acids is 3. The Balaban J connectivity index is 2.93. The van der Waals surface area contributed by atoms with Crippen molar-refractivity contribution in [2.24, 2.45) is 27.9 Å². The van der Waals surface area contributed by atoms with Crippen LogP contribution in [0.1, 0.15) is 44.2 Å². The van der Waals surface area contributed by atoms with Crippen LogP contribution < -0.4 is 38.9 Å². The lowest BCUT2D eigenvalue weighted by atomic mass is 10.1. The molecule has 17 heteroatoms. The number of hydrogen-bond acceptors (Lipinski definition) is 9. The molecular weight excluding hydrogens is 516 g/mol. The first kappa shape index (κ1) is 32.8. The van der Waals surface area contributed by atoms with Crippen LogP contribution >= 0.6 is 0 Å². The number of H-pyrrole nitrogens is 1. The van der Waals surface area contributed by atoms with Crippen LogP contribution in [0.4, 0.5) is 0 Å². The fourth-order valence-electron chi connectivity index (χ4n) is 3.44. The van der Waals surface area contributed by atoms with Gasteiger partial charge in [-0.05, 0) is 38.6 Å². The Morgan fingerprint density at radius 1 is 0.923 bits per heavy atom. The summed E-state index contributed by atoms with van der Waals surface area (Å²) in [7, 11) is 0. The van der Waals surface area contributed by atoms with Crippen LogP contribution in [0.15, 0.2) is 17.5 Å². The Morgan fingerprint density at radius 3 is 2.13 bits per heavy atom. The number of guanidine groups is 1. The van der Waals surface area contributed by atoms with Gasteiger partial charge in [-0.15, -0.1) is 0 Å². The molecule has 0 radical (unpaired) electrons. The zero-order valence-electron chi connectivity index (χ0n) is 21.5. The van der Waals surface area contributed by atoms with E-state index in [1.54, 1.807) is 0 Å². The lowest BCUT2D eigenvalue weighted by molar-refractivity contribution is -0.143. The quantitative estimate of drug-likeness (QED) is 0.0452. The first-order valence-corrected chi connectivity index (χ1v) is 12.3. The second-order valence-electron chi connectivity index (χ2n) is 8.74. The Morgan fingerprint density at radius 2 is 1.56 bits per heavy atom. The van der Waals surface area contributed by atoms with Crippen molar-refractivity contribution in [3.8, 4) is 0 Å². The SMILES string of the molecule is NCCCCC(NC(=O)C(CC(=O)O)NC(=O)C(N)CCCN=C(N)N)C(=O)NC(Cc1cnc[nH]1)C(=O)O. The normalized spacial score (nSPS) is 13.8. The van der Waals surface area contributed by atoms with Crippen LogP contribution in [0.3, 0.4) is 0 Å². The number of carboxylic acid groups (broad SMARTS) is 2. The van der Waals surface area contributed by atoms with Gasteiger partial charge in [-0.2, -0.15) is 0 Å². The molecule has 0 spiro atoms. The third-order valence-electron chi connectivity index (χ3n) is 5.49.